The number of rotatable bonds is 5. The van der Waals surface area contributed by atoms with E-state index in [1.54, 1.807) is 32.3 Å². The molecule has 1 N–H and O–H groups in total. The van der Waals surface area contributed by atoms with Crippen molar-refractivity contribution < 1.29 is 8.42 Å². The van der Waals surface area contributed by atoms with Gasteiger partial charge in [0.1, 0.15) is 0 Å². The van der Waals surface area contributed by atoms with Crippen LogP contribution in [0.3, 0.4) is 0 Å². The Morgan fingerprint density at radius 1 is 1.25 bits per heavy atom. The number of hydrogen-bond donors (Lipinski definition) is 1. The van der Waals surface area contributed by atoms with Crippen LogP contribution < -0.4 is 5.32 Å². The summed E-state index contributed by atoms with van der Waals surface area (Å²) in [6.07, 6.45) is 5.16. The smallest absolute Gasteiger partial charge is 0.242 e. The van der Waals surface area contributed by atoms with Crippen molar-refractivity contribution in [3.8, 4) is 0 Å². The van der Waals surface area contributed by atoms with Gasteiger partial charge in [0.15, 0.2) is 0 Å². The lowest BCUT2D eigenvalue weighted by molar-refractivity contribution is 0.482. The zero-order chi connectivity index (χ0) is 14.8. The van der Waals surface area contributed by atoms with E-state index >= 15 is 0 Å². The van der Waals surface area contributed by atoms with Crippen LogP contribution in [0.25, 0.3) is 0 Å². The fourth-order valence-electron chi connectivity index (χ4n) is 2.80. The van der Waals surface area contributed by atoms with Gasteiger partial charge in [0, 0.05) is 25.8 Å². The highest BCUT2D eigenvalue weighted by molar-refractivity contribution is 7.89. The Morgan fingerprint density at radius 2 is 1.90 bits per heavy atom. The second kappa shape index (κ2) is 6.14. The van der Waals surface area contributed by atoms with Gasteiger partial charge in [-0.1, -0.05) is 18.9 Å². The van der Waals surface area contributed by atoms with Crippen LogP contribution in [0, 0.1) is 5.92 Å². The van der Waals surface area contributed by atoms with Gasteiger partial charge in [0.05, 0.1) is 4.90 Å². The van der Waals surface area contributed by atoms with Crippen LogP contribution in [0.5, 0.6) is 0 Å². The maximum atomic E-state index is 12.1. The Hall–Kier alpha value is -1.07. The van der Waals surface area contributed by atoms with Crippen molar-refractivity contribution in [2.75, 3.05) is 19.4 Å². The highest BCUT2D eigenvalue weighted by Gasteiger charge is 2.22. The van der Waals surface area contributed by atoms with E-state index in [0.29, 0.717) is 16.9 Å². The molecular formula is C15H24N2O2S. The first-order valence-electron chi connectivity index (χ1n) is 7.20. The van der Waals surface area contributed by atoms with Crippen LogP contribution in [0.15, 0.2) is 29.2 Å². The molecule has 0 aromatic heterocycles. The molecule has 0 bridgehead atoms. The van der Waals surface area contributed by atoms with Crippen LogP contribution in [0.4, 0.5) is 5.69 Å². The molecular weight excluding hydrogens is 272 g/mol. The first kappa shape index (κ1) is 15.3. The average molecular weight is 296 g/mol. The molecule has 4 nitrogen and oxygen atoms in total. The van der Waals surface area contributed by atoms with Gasteiger partial charge in [-0.3, -0.25) is 0 Å². The SMILES string of the molecule is CC(Nc1cccc(S(=O)(=O)N(C)C)c1)C1CCCC1. The van der Waals surface area contributed by atoms with Crippen LogP contribution in [0.1, 0.15) is 32.6 Å². The molecule has 5 heteroatoms. The van der Waals surface area contributed by atoms with Crippen LogP contribution in [0.2, 0.25) is 0 Å². The normalized spacial score (nSPS) is 18.4. The van der Waals surface area contributed by atoms with E-state index < -0.39 is 10.0 Å². The van der Waals surface area contributed by atoms with Crippen LogP contribution in [-0.4, -0.2) is 32.9 Å². The van der Waals surface area contributed by atoms with Crippen molar-refractivity contribution in [2.45, 2.75) is 43.5 Å². The van der Waals surface area contributed by atoms with Gasteiger partial charge < -0.3 is 5.32 Å². The Balaban J connectivity index is 2.14. The Labute approximate surface area is 122 Å². The van der Waals surface area contributed by atoms with E-state index in [2.05, 4.69) is 12.2 Å². The molecule has 0 saturated heterocycles. The third-order valence-electron chi connectivity index (χ3n) is 4.11. The van der Waals surface area contributed by atoms with Crippen molar-refractivity contribution in [1.29, 1.82) is 0 Å². The predicted octanol–water partition coefficient (Wildman–Crippen LogP) is 2.93. The zero-order valence-corrected chi connectivity index (χ0v) is 13.3. The Morgan fingerprint density at radius 3 is 2.50 bits per heavy atom. The molecule has 1 aliphatic carbocycles. The molecule has 1 fully saturated rings. The summed E-state index contributed by atoms with van der Waals surface area (Å²) >= 11 is 0. The summed E-state index contributed by atoms with van der Waals surface area (Å²) in [6.45, 7) is 2.18. The lowest BCUT2D eigenvalue weighted by Gasteiger charge is -2.22. The number of sulfonamides is 1. The quantitative estimate of drug-likeness (QED) is 0.909. The third kappa shape index (κ3) is 3.33. The summed E-state index contributed by atoms with van der Waals surface area (Å²) in [5.74, 6) is 0.698. The van der Waals surface area contributed by atoms with Gasteiger partial charge in [-0.05, 0) is 43.9 Å². The van der Waals surface area contributed by atoms with E-state index in [1.165, 1.54) is 30.0 Å². The molecule has 2 rings (SSSR count). The largest absolute Gasteiger partial charge is 0.382 e. The number of nitrogens with zero attached hydrogens (tertiary/aromatic N) is 1. The van der Waals surface area contributed by atoms with Gasteiger partial charge in [-0.2, -0.15) is 0 Å². The molecule has 112 valence electrons. The molecule has 20 heavy (non-hydrogen) atoms. The molecule has 0 aliphatic heterocycles. The van der Waals surface area contributed by atoms with Crippen LogP contribution in [-0.2, 0) is 10.0 Å². The van der Waals surface area contributed by atoms with Crippen molar-refractivity contribution in [3.05, 3.63) is 24.3 Å². The summed E-state index contributed by atoms with van der Waals surface area (Å²) in [5.41, 5.74) is 0.882. The molecule has 1 atom stereocenters. The highest BCUT2D eigenvalue weighted by atomic mass is 32.2. The molecule has 0 heterocycles. The first-order valence-corrected chi connectivity index (χ1v) is 8.64. The van der Waals surface area contributed by atoms with E-state index in [9.17, 15) is 8.42 Å². The van der Waals surface area contributed by atoms with Crippen molar-refractivity contribution in [3.63, 3.8) is 0 Å². The molecule has 0 amide bonds. The molecule has 1 aromatic carbocycles. The third-order valence-corrected chi connectivity index (χ3v) is 5.92. The van der Waals surface area contributed by atoms with Gasteiger partial charge in [0.25, 0.3) is 0 Å². The van der Waals surface area contributed by atoms with E-state index in [1.807, 2.05) is 6.07 Å². The zero-order valence-electron chi connectivity index (χ0n) is 12.5. The highest BCUT2D eigenvalue weighted by Crippen LogP contribution is 2.29. The lowest BCUT2D eigenvalue weighted by Crippen LogP contribution is -2.25. The topological polar surface area (TPSA) is 49.4 Å². The predicted molar refractivity (Wildman–Crippen MR) is 82.4 cm³/mol. The maximum Gasteiger partial charge on any atom is 0.242 e. The van der Waals surface area contributed by atoms with Gasteiger partial charge in [-0.25, -0.2) is 12.7 Å². The number of benzene rings is 1. The fraction of sp³-hybridized carbons (Fsp3) is 0.600. The molecule has 1 unspecified atom stereocenters. The van der Waals surface area contributed by atoms with Gasteiger partial charge >= 0.3 is 0 Å². The minimum Gasteiger partial charge on any atom is -0.382 e. The second-order valence-corrected chi connectivity index (χ2v) is 7.94. The minimum atomic E-state index is -3.36. The van der Waals surface area contributed by atoms with Crippen LogP contribution >= 0.6 is 0 Å². The minimum absolute atomic E-state index is 0.339. The molecule has 1 aromatic rings. The average Bonchev–Trinajstić information content (AvgIpc) is 2.92. The Kier molecular flexibility index (Phi) is 4.70. The van der Waals surface area contributed by atoms with Gasteiger partial charge in [0.2, 0.25) is 10.0 Å². The van der Waals surface area contributed by atoms with E-state index in [0.717, 1.165) is 5.69 Å². The first-order chi connectivity index (χ1) is 9.41. The van der Waals surface area contributed by atoms with E-state index in [-0.39, 0.29) is 0 Å². The summed E-state index contributed by atoms with van der Waals surface area (Å²) in [7, 11) is -0.257. The van der Waals surface area contributed by atoms with Crippen molar-refractivity contribution in [1.82, 2.24) is 4.31 Å². The summed E-state index contributed by atoms with van der Waals surface area (Å²) < 4.78 is 25.5. The van der Waals surface area contributed by atoms with Crippen molar-refractivity contribution in [2.24, 2.45) is 5.92 Å². The molecule has 1 saturated carbocycles. The molecule has 1 aliphatic rings. The van der Waals surface area contributed by atoms with Crippen molar-refractivity contribution >= 4 is 15.7 Å². The summed E-state index contributed by atoms with van der Waals surface area (Å²) in [6, 6.07) is 7.47. The standard InChI is InChI=1S/C15H24N2O2S/c1-12(13-7-4-5-8-13)16-14-9-6-10-15(11-14)20(18,19)17(2)3/h6,9-13,16H,4-5,7-8H2,1-3H3. The number of nitrogens with one attached hydrogen (secondary N) is 1. The number of hydrogen-bond acceptors (Lipinski definition) is 3. The summed E-state index contributed by atoms with van der Waals surface area (Å²) in [4.78, 5) is 0.339. The molecule has 0 radical (unpaired) electrons. The second-order valence-electron chi connectivity index (χ2n) is 5.79. The monoisotopic (exact) mass is 296 g/mol. The Bertz CT molecular complexity index is 549. The summed E-state index contributed by atoms with van der Waals surface area (Å²) in [5, 5.41) is 3.45. The molecule has 0 spiro atoms. The number of anilines is 1. The lowest BCUT2D eigenvalue weighted by atomic mass is 9.99. The maximum absolute atomic E-state index is 12.1. The fourth-order valence-corrected chi connectivity index (χ4v) is 3.74. The van der Waals surface area contributed by atoms with E-state index in [4.69, 9.17) is 0 Å². The van der Waals surface area contributed by atoms with Gasteiger partial charge in [-0.15, -0.1) is 0 Å².